The largest absolute Gasteiger partial charge is 0.454 e. The summed E-state index contributed by atoms with van der Waals surface area (Å²) in [6.07, 6.45) is 2.07. The third-order valence-electron chi connectivity index (χ3n) is 4.45. The van der Waals surface area contributed by atoms with Crippen molar-refractivity contribution in [2.75, 3.05) is 13.2 Å². The molecule has 0 radical (unpaired) electrons. The molecule has 2 aliphatic rings. The number of ether oxygens (including phenoxy) is 2. The third kappa shape index (κ3) is 4.87. The maximum Gasteiger partial charge on any atom is 0.290 e. The number of carbonyl (C=O) groups excluding carboxylic acids is 3. The summed E-state index contributed by atoms with van der Waals surface area (Å²) in [6, 6.07) is 11.4. The Morgan fingerprint density at radius 3 is 2.63 bits per heavy atom. The van der Waals surface area contributed by atoms with Crippen LogP contribution in [0.4, 0.5) is 9.18 Å². The summed E-state index contributed by atoms with van der Waals surface area (Å²) in [5.41, 5.74) is 1.43. The first-order valence-electron chi connectivity index (χ1n) is 9.14. The zero-order valence-corrected chi connectivity index (χ0v) is 16.5. The van der Waals surface area contributed by atoms with Gasteiger partial charge in [-0.2, -0.15) is 0 Å². The molecular formula is C21H17FN2O5S. The highest BCUT2D eigenvalue weighted by Crippen LogP contribution is 2.29. The first kappa shape index (κ1) is 20.1. The molecule has 0 saturated carbocycles. The van der Waals surface area contributed by atoms with Crippen molar-refractivity contribution in [2.24, 2.45) is 0 Å². The van der Waals surface area contributed by atoms with E-state index in [4.69, 9.17) is 9.47 Å². The van der Waals surface area contributed by atoms with Gasteiger partial charge in [-0.25, -0.2) is 4.39 Å². The lowest BCUT2D eigenvalue weighted by atomic mass is 10.1. The molecule has 3 amide bonds. The number of nitrogens with one attached hydrogen (secondary N) is 2. The van der Waals surface area contributed by atoms with Crippen LogP contribution in [0.3, 0.4) is 0 Å². The van der Waals surface area contributed by atoms with Crippen LogP contribution in [0, 0.1) is 5.82 Å². The molecule has 30 heavy (non-hydrogen) atoms. The van der Waals surface area contributed by atoms with Crippen LogP contribution in [0.15, 0.2) is 47.4 Å². The van der Waals surface area contributed by atoms with Crippen molar-refractivity contribution in [1.82, 2.24) is 10.6 Å². The molecule has 4 rings (SSSR count). The van der Waals surface area contributed by atoms with Crippen LogP contribution in [0.25, 0.3) is 6.08 Å². The van der Waals surface area contributed by atoms with Crippen molar-refractivity contribution in [3.63, 3.8) is 0 Å². The van der Waals surface area contributed by atoms with E-state index in [9.17, 15) is 18.8 Å². The number of carbonyl (C=O) groups is 3. The van der Waals surface area contributed by atoms with Crippen molar-refractivity contribution in [2.45, 2.75) is 12.5 Å². The van der Waals surface area contributed by atoms with Gasteiger partial charge in [0.15, 0.2) is 11.6 Å². The Kier molecular flexibility index (Phi) is 5.82. The molecule has 0 aliphatic carbocycles. The van der Waals surface area contributed by atoms with Gasteiger partial charge in [0.2, 0.25) is 5.91 Å². The molecule has 1 unspecified atom stereocenters. The van der Waals surface area contributed by atoms with Crippen molar-refractivity contribution in [1.29, 1.82) is 0 Å². The summed E-state index contributed by atoms with van der Waals surface area (Å²) in [4.78, 5) is 34.4. The minimum absolute atomic E-state index is 0.0393. The fourth-order valence-corrected chi connectivity index (χ4v) is 3.76. The molecule has 7 nitrogen and oxygen atoms in total. The van der Waals surface area contributed by atoms with Crippen LogP contribution < -0.4 is 15.4 Å². The van der Waals surface area contributed by atoms with Gasteiger partial charge in [0, 0.05) is 0 Å². The van der Waals surface area contributed by atoms with Crippen LogP contribution in [-0.4, -0.2) is 36.3 Å². The van der Waals surface area contributed by atoms with Gasteiger partial charge in [-0.1, -0.05) is 18.2 Å². The Balaban J connectivity index is 1.40. The molecule has 0 spiro atoms. The monoisotopic (exact) mass is 428 g/mol. The van der Waals surface area contributed by atoms with Gasteiger partial charge < -0.3 is 14.8 Å². The molecule has 2 aromatic carbocycles. The Morgan fingerprint density at radius 1 is 1.17 bits per heavy atom. The number of hydrogen-bond acceptors (Lipinski definition) is 6. The maximum absolute atomic E-state index is 14.4. The molecule has 2 heterocycles. The third-order valence-corrected chi connectivity index (χ3v) is 5.26. The smallest absolute Gasteiger partial charge is 0.290 e. The quantitative estimate of drug-likeness (QED) is 0.712. The van der Waals surface area contributed by atoms with Crippen molar-refractivity contribution >= 4 is 34.9 Å². The van der Waals surface area contributed by atoms with Gasteiger partial charge in [-0.15, -0.1) is 0 Å². The lowest BCUT2D eigenvalue weighted by molar-refractivity contribution is -0.131. The molecule has 2 fully saturated rings. The minimum atomic E-state index is -0.592. The summed E-state index contributed by atoms with van der Waals surface area (Å²) in [7, 11) is 0. The first-order valence-corrected chi connectivity index (χ1v) is 9.96. The van der Waals surface area contributed by atoms with E-state index in [1.165, 1.54) is 18.2 Å². The number of hydrogen-bond donors (Lipinski definition) is 2. The molecule has 2 saturated heterocycles. The zero-order valence-electron chi connectivity index (χ0n) is 15.6. The number of thioether (sulfide) groups is 1. The fraction of sp³-hybridized carbons (Fsp3) is 0.190. The Morgan fingerprint density at radius 2 is 1.97 bits per heavy atom. The first-order chi connectivity index (χ1) is 14.5. The lowest BCUT2D eigenvalue weighted by Crippen LogP contribution is -2.46. The molecule has 0 bridgehead atoms. The zero-order chi connectivity index (χ0) is 21.1. The van der Waals surface area contributed by atoms with E-state index < -0.39 is 17.0 Å². The van der Waals surface area contributed by atoms with E-state index in [0.29, 0.717) is 24.3 Å². The second kappa shape index (κ2) is 8.68. The van der Waals surface area contributed by atoms with Crippen LogP contribution >= 0.6 is 11.8 Å². The average molecular weight is 428 g/mol. The van der Waals surface area contributed by atoms with Crippen molar-refractivity contribution in [3.05, 3.63) is 64.3 Å². The number of imide groups is 1. The van der Waals surface area contributed by atoms with Crippen molar-refractivity contribution in [3.8, 4) is 11.5 Å². The molecule has 0 aromatic heterocycles. The Bertz CT molecular complexity index is 1040. The minimum Gasteiger partial charge on any atom is -0.454 e. The molecule has 9 heteroatoms. The standard InChI is InChI=1S/C21H17FN2O5S/c22-16-8-13(9-18-20(26)24-21(27)30-18)3-6-17(16)29-15-4-1-12(2-5-15)7-14-10-28-11-19(25)23-14/h1-6,8-9,14H,7,10-11H2,(H,23,25)(H,24,26,27). The number of halogens is 1. The molecule has 1 atom stereocenters. The SMILES string of the molecule is O=C1COCC(Cc2ccc(Oc3ccc(C=C4SC(=O)NC4=O)cc3F)cc2)N1. The Labute approximate surface area is 175 Å². The summed E-state index contributed by atoms with van der Waals surface area (Å²) in [5.74, 6) is -0.712. The van der Waals surface area contributed by atoms with Gasteiger partial charge in [0.05, 0.1) is 17.6 Å². The van der Waals surface area contributed by atoms with Gasteiger partial charge >= 0.3 is 0 Å². The van der Waals surface area contributed by atoms with Crippen molar-refractivity contribution < 1.29 is 28.2 Å². The molecule has 154 valence electrons. The van der Waals surface area contributed by atoms with E-state index in [2.05, 4.69) is 10.6 Å². The van der Waals surface area contributed by atoms with E-state index >= 15 is 0 Å². The second-order valence-electron chi connectivity index (χ2n) is 6.77. The maximum atomic E-state index is 14.4. The highest BCUT2D eigenvalue weighted by atomic mass is 32.2. The van der Waals surface area contributed by atoms with Gasteiger partial charge in [-0.05, 0) is 59.7 Å². The van der Waals surface area contributed by atoms with E-state index in [-0.39, 0.29) is 29.2 Å². The second-order valence-corrected chi connectivity index (χ2v) is 7.79. The highest BCUT2D eigenvalue weighted by molar-refractivity contribution is 8.18. The summed E-state index contributed by atoms with van der Waals surface area (Å²) < 4.78 is 25.3. The summed E-state index contributed by atoms with van der Waals surface area (Å²) in [6.45, 7) is 0.556. The van der Waals surface area contributed by atoms with Crippen LogP contribution in [0.1, 0.15) is 11.1 Å². The molecule has 2 aliphatic heterocycles. The predicted molar refractivity (Wildman–Crippen MR) is 108 cm³/mol. The van der Waals surface area contributed by atoms with E-state index in [1.807, 2.05) is 12.1 Å². The topological polar surface area (TPSA) is 93.7 Å². The molecular weight excluding hydrogens is 411 g/mol. The van der Waals surface area contributed by atoms with Crippen LogP contribution in [0.2, 0.25) is 0 Å². The number of amides is 3. The molecule has 2 N–H and O–H groups in total. The number of morpholine rings is 1. The van der Waals surface area contributed by atoms with E-state index in [1.54, 1.807) is 18.2 Å². The van der Waals surface area contributed by atoms with Crippen LogP contribution in [0.5, 0.6) is 11.5 Å². The van der Waals surface area contributed by atoms with Gasteiger partial charge in [0.25, 0.3) is 11.1 Å². The van der Waals surface area contributed by atoms with E-state index in [0.717, 1.165) is 17.3 Å². The average Bonchev–Trinajstić information content (AvgIpc) is 3.02. The number of rotatable bonds is 5. The fourth-order valence-electron chi connectivity index (χ4n) is 3.08. The van der Waals surface area contributed by atoms with Gasteiger partial charge in [0.1, 0.15) is 12.4 Å². The molecule has 2 aromatic rings. The predicted octanol–water partition coefficient (Wildman–Crippen LogP) is 3.00. The van der Waals surface area contributed by atoms with Crippen LogP contribution in [-0.2, 0) is 20.7 Å². The lowest BCUT2D eigenvalue weighted by Gasteiger charge is -2.23. The normalized spacial score (nSPS) is 20.2. The van der Waals surface area contributed by atoms with Gasteiger partial charge in [-0.3, -0.25) is 19.7 Å². The number of benzene rings is 2. The Hall–Kier alpha value is -3.17. The summed E-state index contributed by atoms with van der Waals surface area (Å²) >= 11 is 0.772. The summed E-state index contributed by atoms with van der Waals surface area (Å²) in [5, 5.41) is 4.57. The highest BCUT2D eigenvalue weighted by Gasteiger charge is 2.25.